The first kappa shape index (κ1) is 5.70. The molecule has 0 saturated carbocycles. The lowest BCUT2D eigenvalue weighted by molar-refractivity contribution is 0.0228. The van der Waals surface area contributed by atoms with E-state index in [1.165, 1.54) is 0 Å². The molecule has 52 valence electrons. The summed E-state index contributed by atoms with van der Waals surface area (Å²) in [6.45, 7) is 3.79. The summed E-state index contributed by atoms with van der Waals surface area (Å²) in [5, 5.41) is 0. The van der Waals surface area contributed by atoms with Crippen molar-refractivity contribution >= 4 is 0 Å². The van der Waals surface area contributed by atoms with Crippen LogP contribution in [-0.2, 0) is 4.94 Å². The molecule has 2 rings (SSSR count). The summed E-state index contributed by atoms with van der Waals surface area (Å²) < 4.78 is 0. The summed E-state index contributed by atoms with van der Waals surface area (Å²) in [5.74, 6) is 0. The maximum Gasteiger partial charge on any atom is 0.0950 e. The molecule has 1 fully saturated rings. The molecule has 1 heterocycles. The van der Waals surface area contributed by atoms with Gasteiger partial charge in [0.2, 0.25) is 0 Å². The maximum absolute atomic E-state index is 4.78. The van der Waals surface area contributed by atoms with Gasteiger partial charge in [-0.1, -0.05) is 18.7 Å². The Morgan fingerprint density at radius 3 is 3.40 bits per heavy atom. The Hall–Kier alpha value is -1.06. The quantitative estimate of drug-likeness (QED) is 0.506. The largest absolute Gasteiger partial charge is 0.250 e. The van der Waals surface area contributed by atoms with Crippen LogP contribution in [0.3, 0.4) is 0 Å². The first-order valence-electron chi connectivity index (χ1n) is 3.12. The minimum absolute atomic E-state index is 0.186. The molecule has 3 nitrogen and oxygen atoms in total. The van der Waals surface area contributed by atoms with Crippen molar-refractivity contribution in [2.75, 3.05) is 0 Å². The van der Waals surface area contributed by atoms with Crippen LogP contribution in [0.1, 0.15) is 0 Å². The number of fused-ring (bicyclic) bond motifs is 1. The van der Waals surface area contributed by atoms with Crippen molar-refractivity contribution < 1.29 is 4.94 Å². The Kier molecular flexibility index (Phi) is 1.12. The van der Waals surface area contributed by atoms with Gasteiger partial charge in [0.15, 0.2) is 0 Å². The highest BCUT2D eigenvalue weighted by Gasteiger charge is 2.20. The van der Waals surface area contributed by atoms with E-state index in [2.05, 4.69) is 17.5 Å². The molecule has 0 aromatic carbocycles. The molecule has 1 aliphatic carbocycles. The molecular formula is C7H8N2O. The SMILES string of the molecule is C=C1C=CC2NONC2=C1. The predicted molar refractivity (Wildman–Crippen MR) is 37.5 cm³/mol. The van der Waals surface area contributed by atoms with Crippen LogP contribution in [0.15, 0.2) is 36.1 Å². The smallest absolute Gasteiger partial charge is 0.0950 e. The van der Waals surface area contributed by atoms with Crippen molar-refractivity contribution in [3.63, 3.8) is 0 Å². The number of allylic oxidation sites excluding steroid dienone is 3. The van der Waals surface area contributed by atoms with E-state index in [1.54, 1.807) is 0 Å². The van der Waals surface area contributed by atoms with Crippen LogP contribution in [0, 0.1) is 0 Å². The highest BCUT2D eigenvalue weighted by atomic mass is 16.8. The van der Waals surface area contributed by atoms with Crippen LogP contribution in [0.5, 0.6) is 0 Å². The highest BCUT2D eigenvalue weighted by molar-refractivity contribution is 5.39. The van der Waals surface area contributed by atoms with Crippen molar-refractivity contribution in [2.24, 2.45) is 0 Å². The first-order chi connectivity index (χ1) is 4.86. The van der Waals surface area contributed by atoms with E-state index in [-0.39, 0.29) is 6.04 Å². The van der Waals surface area contributed by atoms with E-state index < -0.39 is 0 Å². The van der Waals surface area contributed by atoms with Crippen molar-refractivity contribution in [3.8, 4) is 0 Å². The molecule has 1 saturated heterocycles. The number of hydrogen-bond acceptors (Lipinski definition) is 3. The molecule has 2 aliphatic rings. The molecule has 10 heavy (non-hydrogen) atoms. The fourth-order valence-corrected chi connectivity index (χ4v) is 1.01. The summed E-state index contributed by atoms with van der Waals surface area (Å²) in [6, 6.07) is 0.186. The molecule has 0 bridgehead atoms. The van der Waals surface area contributed by atoms with Crippen LogP contribution in [0.4, 0.5) is 0 Å². The van der Waals surface area contributed by atoms with Gasteiger partial charge in [-0.05, 0) is 11.6 Å². The van der Waals surface area contributed by atoms with Gasteiger partial charge >= 0.3 is 0 Å². The molecule has 2 N–H and O–H groups in total. The molecule has 0 radical (unpaired) electrons. The Labute approximate surface area is 59.0 Å². The monoisotopic (exact) mass is 136 g/mol. The van der Waals surface area contributed by atoms with Crippen LogP contribution in [0.2, 0.25) is 0 Å². The molecule has 1 atom stereocenters. The number of rotatable bonds is 0. The van der Waals surface area contributed by atoms with E-state index in [4.69, 9.17) is 4.94 Å². The number of hydrogen-bond donors (Lipinski definition) is 2. The molecule has 0 aromatic heterocycles. The fourth-order valence-electron chi connectivity index (χ4n) is 1.01. The summed E-state index contributed by atoms with van der Waals surface area (Å²) >= 11 is 0. The summed E-state index contributed by atoms with van der Waals surface area (Å²) in [5.41, 5.74) is 7.51. The molecule has 0 aromatic rings. The highest BCUT2D eigenvalue weighted by Crippen LogP contribution is 2.15. The van der Waals surface area contributed by atoms with Gasteiger partial charge in [0.25, 0.3) is 0 Å². The van der Waals surface area contributed by atoms with Crippen molar-refractivity contribution in [1.82, 2.24) is 11.0 Å². The van der Waals surface area contributed by atoms with E-state index in [0.29, 0.717) is 0 Å². The zero-order chi connectivity index (χ0) is 6.97. The van der Waals surface area contributed by atoms with Crippen molar-refractivity contribution in [1.29, 1.82) is 0 Å². The molecular weight excluding hydrogens is 128 g/mol. The molecule has 0 amide bonds. The van der Waals surface area contributed by atoms with Crippen molar-refractivity contribution in [2.45, 2.75) is 6.04 Å². The molecule has 3 heteroatoms. The average molecular weight is 136 g/mol. The van der Waals surface area contributed by atoms with Gasteiger partial charge < -0.3 is 0 Å². The lowest BCUT2D eigenvalue weighted by Gasteiger charge is -2.07. The fraction of sp³-hybridized carbons (Fsp3) is 0.143. The van der Waals surface area contributed by atoms with Crippen LogP contribution >= 0.6 is 0 Å². The third-order valence-electron chi connectivity index (χ3n) is 1.53. The van der Waals surface area contributed by atoms with Crippen LogP contribution < -0.4 is 11.0 Å². The second-order valence-electron chi connectivity index (χ2n) is 2.33. The maximum atomic E-state index is 4.78. The normalized spacial score (nSPS) is 29.4. The van der Waals surface area contributed by atoms with Crippen molar-refractivity contribution in [3.05, 3.63) is 36.1 Å². The van der Waals surface area contributed by atoms with Gasteiger partial charge in [-0.3, -0.25) is 0 Å². The van der Waals surface area contributed by atoms with Gasteiger partial charge in [-0.15, -0.1) is 0 Å². The van der Waals surface area contributed by atoms with Crippen LogP contribution in [-0.4, -0.2) is 6.04 Å². The van der Waals surface area contributed by atoms with E-state index in [9.17, 15) is 0 Å². The predicted octanol–water partition coefficient (Wildman–Crippen LogP) is 0.404. The Balaban J connectivity index is 2.30. The number of nitrogens with one attached hydrogen (secondary N) is 2. The second-order valence-corrected chi connectivity index (χ2v) is 2.33. The van der Waals surface area contributed by atoms with Gasteiger partial charge in [-0.2, -0.15) is 10.4 Å². The molecule has 1 unspecified atom stereocenters. The summed E-state index contributed by atoms with van der Waals surface area (Å²) in [4.78, 5) is 4.78. The van der Waals surface area contributed by atoms with Gasteiger partial charge in [-0.25, -0.2) is 5.48 Å². The summed E-state index contributed by atoms with van der Waals surface area (Å²) in [7, 11) is 0. The van der Waals surface area contributed by atoms with Gasteiger partial charge in [0.1, 0.15) is 0 Å². The average Bonchev–Trinajstić information content (AvgIpc) is 2.33. The third-order valence-corrected chi connectivity index (χ3v) is 1.53. The second kappa shape index (κ2) is 1.97. The lowest BCUT2D eigenvalue weighted by atomic mass is 10.1. The Morgan fingerprint density at radius 1 is 1.60 bits per heavy atom. The van der Waals surface area contributed by atoms with Gasteiger partial charge in [0.05, 0.1) is 11.7 Å². The molecule has 0 spiro atoms. The first-order valence-corrected chi connectivity index (χ1v) is 3.12. The topological polar surface area (TPSA) is 33.3 Å². The standard InChI is InChI=1S/C7H8N2O/c1-5-2-3-6-7(4-5)9-10-8-6/h2-4,6,8-9H,1H2. The minimum atomic E-state index is 0.186. The Bertz CT molecular complexity index is 230. The van der Waals surface area contributed by atoms with Crippen LogP contribution in [0.25, 0.3) is 0 Å². The number of hydroxylamine groups is 2. The van der Waals surface area contributed by atoms with E-state index in [1.807, 2.05) is 18.2 Å². The lowest BCUT2D eigenvalue weighted by Crippen LogP contribution is -2.19. The van der Waals surface area contributed by atoms with E-state index in [0.717, 1.165) is 11.3 Å². The van der Waals surface area contributed by atoms with Gasteiger partial charge in [0, 0.05) is 0 Å². The Morgan fingerprint density at radius 2 is 2.50 bits per heavy atom. The van der Waals surface area contributed by atoms with E-state index >= 15 is 0 Å². The zero-order valence-corrected chi connectivity index (χ0v) is 5.42. The zero-order valence-electron chi connectivity index (χ0n) is 5.42. The minimum Gasteiger partial charge on any atom is -0.250 e. The molecule has 1 aliphatic heterocycles. The summed E-state index contributed by atoms with van der Waals surface area (Å²) in [6.07, 6.45) is 5.90. The third kappa shape index (κ3) is 0.761.